The predicted octanol–water partition coefficient (Wildman–Crippen LogP) is 2.05. The number of rotatable bonds is 5. The summed E-state index contributed by atoms with van der Waals surface area (Å²) >= 11 is 0. The van der Waals surface area contributed by atoms with Gasteiger partial charge in [-0.1, -0.05) is 13.8 Å². The number of alkyl halides is 1. The highest BCUT2D eigenvalue weighted by molar-refractivity contribution is 4.95. The summed E-state index contributed by atoms with van der Waals surface area (Å²) in [7, 11) is 0. The van der Waals surface area contributed by atoms with Crippen molar-refractivity contribution in [1.29, 1.82) is 0 Å². The third-order valence-electron chi connectivity index (χ3n) is 4.03. The second-order valence-corrected chi connectivity index (χ2v) is 5.70. The third-order valence-corrected chi connectivity index (χ3v) is 4.03. The summed E-state index contributed by atoms with van der Waals surface area (Å²) in [5.41, 5.74) is 0. The maximum Gasteiger partial charge on any atom is 0.0906 e. The molecule has 1 saturated carbocycles. The van der Waals surface area contributed by atoms with Gasteiger partial charge in [-0.2, -0.15) is 0 Å². The van der Waals surface area contributed by atoms with E-state index in [9.17, 15) is 4.39 Å². The second kappa shape index (κ2) is 5.46. The number of nitrogens with zero attached hydrogens (tertiary/aromatic N) is 1. The number of hydrogen-bond acceptors (Lipinski definition) is 2. The first-order valence-corrected chi connectivity index (χ1v) is 6.75. The van der Waals surface area contributed by atoms with Crippen LogP contribution in [0.1, 0.15) is 33.1 Å². The summed E-state index contributed by atoms with van der Waals surface area (Å²) in [5, 5.41) is 3.68. The van der Waals surface area contributed by atoms with Crippen molar-refractivity contribution in [1.82, 2.24) is 10.2 Å². The van der Waals surface area contributed by atoms with Gasteiger partial charge in [-0.3, -0.25) is 9.29 Å². The molecule has 0 aromatic carbocycles. The van der Waals surface area contributed by atoms with Gasteiger partial charge in [0.05, 0.1) is 6.67 Å². The van der Waals surface area contributed by atoms with E-state index in [-0.39, 0.29) is 6.67 Å². The van der Waals surface area contributed by atoms with Crippen molar-refractivity contribution in [3.8, 4) is 0 Å². The van der Waals surface area contributed by atoms with Crippen molar-refractivity contribution in [3.63, 3.8) is 0 Å². The molecule has 1 saturated heterocycles. The van der Waals surface area contributed by atoms with Crippen LogP contribution in [-0.4, -0.2) is 43.3 Å². The molecule has 16 heavy (non-hydrogen) atoms. The van der Waals surface area contributed by atoms with E-state index in [0.29, 0.717) is 24.4 Å². The SMILES string of the molecule is CC(C)C1CNC(C2CC2)CN1CCCF. The van der Waals surface area contributed by atoms with E-state index >= 15 is 0 Å². The predicted molar refractivity (Wildman–Crippen MR) is 65.3 cm³/mol. The van der Waals surface area contributed by atoms with Crippen LogP contribution in [-0.2, 0) is 0 Å². The molecule has 0 aromatic rings. The molecule has 1 aliphatic heterocycles. The summed E-state index contributed by atoms with van der Waals surface area (Å²) in [6, 6.07) is 1.27. The van der Waals surface area contributed by atoms with Crippen LogP contribution in [0.5, 0.6) is 0 Å². The molecule has 94 valence electrons. The van der Waals surface area contributed by atoms with Gasteiger partial charge in [0.1, 0.15) is 0 Å². The molecule has 2 fully saturated rings. The molecule has 0 aromatic heterocycles. The van der Waals surface area contributed by atoms with Gasteiger partial charge < -0.3 is 5.32 Å². The van der Waals surface area contributed by atoms with Crippen LogP contribution in [0.4, 0.5) is 4.39 Å². The van der Waals surface area contributed by atoms with Crippen LogP contribution in [0, 0.1) is 11.8 Å². The number of nitrogens with one attached hydrogen (secondary N) is 1. The van der Waals surface area contributed by atoms with Gasteiger partial charge in [0.15, 0.2) is 0 Å². The second-order valence-electron chi connectivity index (χ2n) is 5.70. The molecule has 2 atom stereocenters. The van der Waals surface area contributed by atoms with E-state index < -0.39 is 0 Å². The van der Waals surface area contributed by atoms with Gasteiger partial charge in [-0.15, -0.1) is 0 Å². The fourth-order valence-corrected chi connectivity index (χ4v) is 2.85. The first kappa shape index (κ1) is 12.3. The molecule has 1 aliphatic carbocycles. The summed E-state index contributed by atoms with van der Waals surface area (Å²) in [4.78, 5) is 2.52. The van der Waals surface area contributed by atoms with Crippen LogP contribution < -0.4 is 5.32 Å². The van der Waals surface area contributed by atoms with Crippen molar-refractivity contribution in [2.24, 2.45) is 11.8 Å². The number of piperazine rings is 1. The monoisotopic (exact) mass is 228 g/mol. The smallest absolute Gasteiger partial charge is 0.0906 e. The Kier molecular flexibility index (Phi) is 4.20. The fraction of sp³-hybridized carbons (Fsp3) is 1.00. The fourth-order valence-electron chi connectivity index (χ4n) is 2.85. The van der Waals surface area contributed by atoms with E-state index in [4.69, 9.17) is 0 Å². The Hall–Kier alpha value is -0.150. The average molecular weight is 228 g/mol. The molecular weight excluding hydrogens is 203 g/mol. The molecule has 0 bridgehead atoms. The summed E-state index contributed by atoms with van der Waals surface area (Å²) in [6.07, 6.45) is 3.47. The van der Waals surface area contributed by atoms with Crippen LogP contribution in [0.15, 0.2) is 0 Å². The van der Waals surface area contributed by atoms with Crippen LogP contribution in [0.25, 0.3) is 0 Å². The first-order valence-electron chi connectivity index (χ1n) is 6.75. The van der Waals surface area contributed by atoms with Crippen molar-refractivity contribution in [3.05, 3.63) is 0 Å². The minimum absolute atomic E-state index is 0.178. The maximum atomic E-state index is 12.3. The Morgan fingerprint density at radius 3 is 2.69 bits per heavy atom. The maximum absolute atomic E-state index is 12.3. The molecule has 0 amide bonds. The van der Waals surface area contributed by atoms with E-state index in [1.807, 2.05) is 0 Å². The van der Waals surface area contributed by atoms with E-state index in [1.165, 1.54) is 12.8 Å². The van der Waals surface area contributed by atoms with Crippen LogP contribution >= 0.6 is 0 Å². The lowest BCUT2D eigenvalue weighted by Crippen LogP contribution is -2.59. The minimum Gasteiger partial charge on any atom is -0.311 e. The van der Waals surface area contributed by atoms with Crippen molar-refractivity contribution >= 4 is 0 Å². The standard InChI is InChI=1S/C13H25FN2/c1-10(2)13-8-15-12(11-4-5-11)9-16(13)7-3-6-14/h10-13,15H,3-9H2,1-2H3. The lowest BCUT2D eigenvalue weighted by atomic mass is 9.97. The van der Waals surface area contributed by atoms with Crippen molar-refractivity contribution < 1.29 is 4.39 Å². The quantitative estimate of drug-likeness (QED) is 0.775. The van der Waals surface area contributed by atoms with Gasteiger partial charge in [-0.25, -0.2) is 0 Å². The highest BCUT2D eigenvalue weighted by atomic mass is 19.1. The highest BCUT2D eigenvalue weighted by Crippen LogP contribution is 2.34. The Balaban J connectivity index is 1.88. The molecule has 3 heteroatoms. The van der Waals surface area contributed by atoms with Crippen LogP contribution in [0.2, 0.25) is 0 Å². The van der Waals surface area contributed by atoms with Gasteiger partial charge >= 0.3 is 0 Å². The normalized spacial score (nSPS) is 32.2. The summed E-state index contributed by atoms with van der Waals surface area (Å²) < 4.78 is 12.3. The minimum atomic E-state index is -0.178. The third kappa shape index (κ3) is 2.95. The van der Waals surface area contributed by atoms with Gasteiger partial charge in [0.25, 0.3) is 0 Å². The molecule has 2 rings (SSSR count). The van der Waals surface area contributed by atoms with Gasteiger partial charge in [-0.05, 0) is 31.1 Å². The average Bonchev–Trinajstić information content (AvgIpc) is 3.09. The lowest BCUT2D eigenvalue weighted by molar-refractivity contribution is 0.0890. The molecule has 2 nitrogen and oxygen atoms in total. The number of hydrogen-bond donors (Lipinski definition) is 1. The van der Waals surface area contributed by atoms with Crippen LogP contribution in [0.3, 0.4) is 0 Å². The zero-order valence-corrected chi connectivity index (χ0v) is 10.6. The Morgan fingerprint density at radius 1 is 1.38 bits per heavy atom. The van der Waals surface area contributed by atoms with Crippen molar-refractivity contribution in [2.75, 3.05) is 26.3 Å². The molecule has 0 radical (unpaired) electrons. The van der Waals surface area contributed by atoms with Gasteiger partial charge in [0, 0.05) is 31.7 Å². The van der Waals surface area contributed by atoms with Crippen molar-refractivity contribution in [2.45, 2.75) is 45.2 Å². The Morgan fingerprint density at radius 2 is 2.12 bits per heavy atom. The first-order chi connectivity index (χ1) is 7.72. The largest absolute Gasteiger partial charge is 0.311 e. The topological polar surface area (TPSA) is 15.3 Å². The lowest BCUT2D eigenvalue weighted by Gasteiger charge is -2.42. The van der Waals surface area contributed by atoms with Gasteiger partial charge in [0.2, 0.25) is 0 Å². The van der Waals surface area contributed by atoms with E-state index in [2.05, 4.69) is 24.1 Å². The Labute approximate surface area is 98.6 Å². The molecule has 0 spiro atoms. The molecule has 1 N–H and O–H groups in total. The Bertz CT molecular complexity index is 216. The highest BCUT2D eigenvalue weighted by Gasteiger charge is 2.37. The van der Waals surface area contributed by atoms with E-state index in [0.717, 1.165) is 25.6 Å². The molecular formula is C13H25FN2. The molecule has 1 heterocycles. The van der Waals surface area contributed by atoms with E-state index in [1.54, 1.807) is 0 Å². The summed E-state index contributed by atoms with van der Waals surface area (Å²) in [6.45, 7) is 7.52. The zero-order chi connectivity index (χ0) is 11.5. The molecule has 2 unspecified atom stereocenters. The molecule has 2 aliphatic rings. The zero-order valence-electron chi connectivity index (χ0n) is 10.6. The summed E-state index contributed by atoms with van der Waals surface area (Å²) in [5.74, 6) is 1.56. The number of halogens is 1.